The zero-order valence-electron chi connectivity index (χ0n) is 17.2. The summed E-state index contributed by atoms with van der Waals surface area (Å²) in [5.41, 5.74) is 2.57. The first kappa shape index (κ1) is 20.2. The monoisotopic (exact) mass is 424 g/mol. The summed E-state index contributed by atoms with van der Waals surface area (Å²) in [5, 5.41) is 10.8. The highest BCUT2D eigenvalue weighted by atomic mass is 32.1. The van der Waals surface area contributed by atoms with Gasteiger partial charge in [-0.25, -0.2) is 19.6 Å². The van der Waals surface area contributed by atoms with Crippen LogP contribution in [0.4, 0.5) is 5.82 Å². The standard InChI is InChI=1S/C21H24N6O2S/c1-14(20-18(29-3)4-7-30-20)10-22-19-9-17(24-13-25-19)15-8-16-12-26-27(5-6-28-2)21(16)23-11-15/h4,7-9,11-14H,5-6,10H2,1-3H3,(H,22,24,25). The van der Waals surface area contributed by atoms with E-state index in [1.807, 2.05) is 40.7 Å². The number of aromatic nitrogens is 5. The third kappa shape index (κ3) is 4.27. The molecular weight excluding hydrogens is 400 g/mol. The van der Waals surface area contributed by atoms with Crippen molar-refractivity contribution in [3.63, 3.8) is 0 Å². The number of hydrogen-bond donors (Lipinski definition) is 1. The number of nitrogens with zero attached hydrogens (tertiary/aromatic N) is 5. The average molecular weight is 425 g/mol. The van der Waals surface area contributed by atoms with E-state index in [9.17, 15) is 0 Å². The molecule has 4 aromatic heterocycles. The zero-order valence-corrected chi connectivity index (χ0v) is 18.0. The number of fused-ring (bicyclic) bond motifs is 1. The van der Waals surface area contributed by atoms with Gasteiger partial charge in [-0.1, -0.05) is 6.92 Å². The zero-order chi connectivity index (χ0) is 20.9. The van der Waals surface area contributed by atoms with E-state index >= 15 is 0 Å². The molecule has 30 heavy (non-hydrogen) atoms. The van der Waals surface area contributed by atoms with Crippen LogP contribution in [0.2, 0.25) is 0 Å². The van der Waals surface area contributed by atoms with E-state index in [0.29, 0.717) is 19.1 Å². The number of thiophene rings is 1. The van der Waals surface area contributed by atoms with Gasteiger partial charge in [0.15, 0.2) is 5.65 Å². The number of pyridine rings is 1. The van der Waals surface area contributed by atoms with Crippen molar-refractivity contribution >= 4 is 28.2 Å². The Labute approximate surface area is 178 Å². The minimum absolute atomic E-state index is 0.300. The first-order chi connectivity index (χ1) is 14.7. The molecule has 1 atom stereocenters. The summed E-state index contributed by atoms with van der Waals surface area (Å²) in [5.74, 6) is 2.01. The van der Waals surface area contributed by atoms with E-state index in [0.717, 1.165) is 40.4 Å². The van der Waals surface area contributed by atoms with E-state index in [2.05, 4.69) is 32.3 Å². The Kier molecular flexibility index (Phi) is 6.20. The van der Waals surface area contributed by atoms with Crippen molar-refractivity contribution in [3.8, 4) is 17.0 Å². The predicted octanol–water partition coefficient (Wildman–Crippen LogP) is 3.82. The fourth-order valence-electron chi connectivity index (χ4n) is 3.25. The highest BCUT2D eigenvalue weighted by molar-refractivity contribution is 7.10. The molecule has 0 amide bonds. The molecule has 0 aromatic carbocycles. The van der Waals surface area contributed by atoms with Gasteiger partial charge in [0.25, 0.3) is 0 Å². The van der Waals surface area contributed by atoms with Gasteiger partial charge in [-0.15, -0.1) is 11.3 Å². The fourth-order valence-corrected chi connectivity index (χ4v) is 4.17. The summed E-state index contributed by atoms with van der Waals surface area (Å²) in [7, 11) is 3.38. The second kappa shape index (κ2) is 9.19. The molecule has 0 spiro atoms. The Balaban J connectivity index is 1.49. The predicted molar refractivity (Wildman–Crippen MR) is 118 cm³/mol. The quantitative estimate of drug-likeness (QED) is 0.437. The second-order valence-corrected chi connectivity index (χ2v) is 7.87. The maximum atomic E-state index is 5.43. The third-order valence-electron chi connectivity index (χ3n) is 4.86. The van der Waals surface area contributed by atoms with Crippen LogP contribution < -0.4 is 10.1 Å². The third-order valence-corrected chi connectivity index (χ3v) is 5.99. The van der Waals surface area contributed by atoms with Crippen LogP contribution >= 0.6 is 11.3 Å². The van der Waals surface area contributed by atoms with Gasteiger partial charge in [0, 0.05) is 42.8 Å². The van der Waals surface area contributed by atoms with Crippen molar-refractivity contribution < 1.29 is 9.47 Å². The van der Waals surface area contributed by atoms with Crippen LogP contribution in [0, 0.1) is 0 Å². The van der Waals surface area contributed by atoms with Gasteiger partial charge in [0.1, 0.15) is 17.9 Å². The van der Waals surface area contributed by atoms with Crippen LogP contribution in [-0.2, 0) is 11.3 Å². The lowest BCUT2D eigenvalue weighted by molar-refractivity contribution is 0.184. The van der Waals surface area contributed by atoms with Crippen molar-refractivity contribution in [2.45, 2.75) is 19.4 Å². The Morgan fingerprint density at radius 1 is 1.17 bits per heavy atom. The van der Waals surface area contributed by atoms with Crippen molar-refractivity contribution in [1.29, 1.82) is 0 Å². The molecule has 8 nitrogen and oxygen atoms in total. The number of ether oxygens (including phenoxy) is 2. The number of anilines is 1. The molecule has 0 saturated heterocycles. The Bertz CT molecular complexity index is 1130. The highest BCUT2D eigenvalue weighted by Crippen LogP contribution is 2.32. The topological polar surface area (TPSA) is 87.0 Å². The van der Waals surface area contributed by atoms with Crippen molar-refractivity contribution in [2.75, 3.05) is 32.7 Å². The Morgan fingerprint density at radius 2 is 2.07 bits per heavy atom. The smallest absolute Gasteiger partial charge is 0.157 e. The van der Waals surface area contributed by atoms with Crippen LogP contribution in [0.5, 0.6) is 5.75 Å². The number of methoxy groups -OCH3 is 2. The van der Waals surface area contributed by atoms with E-state index in [-0.39, 0.29) is 0 Å². The molecule has 4 aromatic rings. The summed E-state index contributed by atoms with van der Waals surface area (Å²) in [6, 6.07) is 5.99. The normalized spacial score (nSPS) is 12.2. The largest absolute Gasteiger partial charge is 0.496 e. The van der Waals surface area contributed by atoms with Crippen molar-refractivity contribution in [1.82, 2.24) is 24.7 Å². The van der Waals surface area contributed by atoms with Crippen LogP contribution in [0.25, 0.3) is 22.3 Å². The van der Waals surface area contributed by atoms with Crippen molar-refractivity contribution in [2.24, 2.45) is 0 Å². The molecule has 1 unspecified atom stereocenters. The number of hydrogen-bond acceptors (Lipinski definition) is 8. The summed E-state index contributed by atoms with van der Waals surface area (Å²) in [6.45, 7) is 4.18. The van der Waals surface area contributed by atoms with E-state index in [4.69, 9.17) is 9.47 Å². The first-order valence-electron chi connectivity index (χ1n) is 9.67. The molecule has 0 aliphatic rings. The molecule has 0 saturated carbocycles. The van der Waals surface area contributed by atoms with Gasteiger partial charge in [-0.2, -0.15) is 5.10 Å². The number of nitrogens with one attached hydrogen (secondary N) is 1. The lowest BCUT2D eigenvalue weighted by Crippen LogP contribution is -2.10. The summed E-state index contributed by atoms with van der Waals surface area (Å²) in [6.07, 6.45) is 5.21. The summed E-state index contributed by atoms with van der Waals surface area (Å²) in [4.78, 5) is 14.6. The maximum absolute atomic E-state index is 5.43. The maximum Gasteiger partial charge on any atom is 0.157 e. The Morgan fingerprint density at radius 3 is 2.90 bits per heavy atom. The minimum atomic E-state index is 0.300. The van der Waals surface area contributed by atoms with Crippen LogP contribution in [0.1, 0.15) is 17.7 Å². The first-order valence-corrected chi connectivity index (χ1v) is 10.6. The lowest BCUT2D eigenvalue weighted by Gasteiger charge is -2.13. The molecule has 1 N–H and O–H groups in total. The van der Waals surface area contributed by atoms with Crippen molar-refractivity contribution in [3.05, 3.63) is 47.2 Å². The molecule has 0 aliphatic heterocycles. The molecule has 0 radical (unpaired) electrons. The van der Waals surface area contributed by atoms with Gasteiger partial charge >= 0.3 is 0 Å². The molecule has 4 heterocycles. The summed E-state index contributed by atoms with van der Waals surface area (Å²) >= 11 is 1.70. The minimum Gasteiger partial charge on any atom is -0.496 e. The molecule has 0 aliphatic carbocycles. The molecule has 0 fully saturated rings. The van der Waals surface area contributed by atoms with Crippen LogP contribution in [0.3, 0.4) is 0 Å². The number of rotatable bonds is 9. The Hall–Kier alpha value is -3.04. The molecule has 4 rings (SSSR count). The lowest BCUT2D eigenvalue weighted by atomic mass is 10.1. The van der Waals surface area contributed by atoms with E-state index in [1.165, 1.54) is 4.88 Å². The van der Waals surface area contributed by atoms with Gasteiger partial charge in [0.05, 0.1) is 37.0 Å². The molecule has 156 valence electrons. The van der Waals surface area contributed by atoms with E-state index in [1.54, 1.807) is 31.9 Å². The van der Waals surface area contributed by atoms with E-state index < -0.39 is 0 Å². The van der Waals surface area contributed by atoms with Gasteiger partial charge in [0.2, 0.25) is 0 Å². The van der Waals surface area contributed by atoms with Crippen LogP contribution in [-0.4, -0.2) is 52.1 Å². The van der Waals surface area contributed by atoms with Gasteiger partial charge < -0.3 is 14.8 Å². The summed E-state index contributed by atoms with van der Waals surface area (Å²) < 4.78 is 12.4. The molecular formula is C21H24N6O2S. The molecule has 9 heteroatoms. The molecule has 0 bridgehead atoms. The average Bonchev–Trinajstić information content (AvgIpc) is 3.42. The van der Waals surface area contributed by atoms with Crippen LogP contribution in [0.15, 0.2) is 42.3 Å². The highest BCUT2D eigenvalue weighted by Gasteiger charge is 2.14. The SMILES string of the molecule is COCCn1ncc2cc(-c3cc(NCC(C)c4sccc4OC)ncn3)cnc21. The second-order valence-electron chi connectivity index (χ2n) is 6.92. The van der Waals surface area contributed by atoms with Gasteiger partial charge in [-0.3, -0.25) is 0 Å². The fraction of sp³-hybridized carbons (Fsp3) is 0.333. The van der Waals surface area contributed by atoms with Gasteiger partial charge in [-0.05, 0) is 17.5 Å².